The molecule has 0 fully saturated rings. The summed E-state index contributed by atoms with van der Waals surface area (Å²) in [6.45, 7) is 5.81. The Morgan fingerprint density at radius 3 is 2.11 bits per heavy atom. The lowest BCUT2D eigenvalue weighted by Gasteiger charge is -2.39. The van der Waals surface area contributed by atoms with Crippen molar-refractivity contribution in [2.24, 2.45) is 0 Å². The van der Waals surface area contributed by atoms with E-state index >= 15 is 0 Å². The fourth-order valence-corrected chi connectivity index (χ4v) is 7.07. The fourth-order valence-electron chi connectivity index (χ4n) is 7.07. The van der Waals surface area contributed by atoms with E-state index in [2.05, 4.69) is 89.9 Å². The van der Waals surface area contributed by atoms with Crippen LogP contribution in [0.4, 0.5) is 10.1 Å². The number of fused-ring (bicyclic) bond motifs is 1. The zero-order valence-corrected chi connectivity index (χ0v) is 27.8. The quantitative estimate of drug-likeness (QED) is 0.149. The van der Waals surface area contributed by atoms with Gasteiger partial charge < -0.3 is 5.32 Å². The molecule has 5 rings (SSSR count). The van der Waals surface area contributed by atoms with Crippen LogP contribution in [0.25, 0.3) is 0 Å². The van der Waals surface area contributed by atoms with E-state index in [1.165, 1.54) is 34.4 Å². The van der Waals surface area contributed by atoms with E-state index in [1.807, 2.05) is 6.07 Å². The molecule has 0 aromatic heterocycles. The monoisotopic (exact) mass is 640 g/mol. The van der Waals surface area contributed by atoms with E-state index in [0.29, 0.717) is 19.3 Å². The molecule has 1 unspecified atom stereocenters. The summed E-state index contributed by atoms with van der Waals surface area (Å²) in [5.41, 5.74) is 6.90. The van der Waals surface area contributed by atoms with Gasteiger partial charge in [-0.3, -0.25) is 14.5 Å². The molecule has 4 aromatic rings. The maximum atomic E-state index is 13.3. The summed E-state index contributed by atoms with van der Waals surface area (Å²) in [4.78, 5) is 27.2. The third kappa shape index (κ3) is 8.92. The first-order valence-electron chi connectivity index (χ1n) is 16.4. The largest absolute Gasteiger partial charge is 0.326 e. The molecular weight excluding hydrogens is 595 g/mol. The summed E-state index contributed by atoms with van der Waals surface area (Å²) in [6.07, 6.45) is 6.37. The zero-order chi connectivity index (χ0) is 31.6. The van der Waals surface area contributed by atoms with Crippen molar-refractivity contribution in [1.82, 2.24) is 4.90 Å². The van der Waals surface area contributed by atoms with Crippen LogP contribution in [-0.2, 0) is 27.8 Å². The predicted molar refractivity (Wildman–Crippen MR) is 188 cm³/mol. The third-order valence-corrected chi connectivity index (χ3v) is 9.50. The van der Waals surface area contributed by atoms with Crippen molar-refractivity contribution in [3.05, 3.63) is 137 Å². The second-order valence-electron chi connectivity index (χ2n) is 12.5. The number of carbonyl (C=O) groups is 2. The van der Waals surface area contributed by atoms with Crippen molar-refractivity contribution >= 4 is 29.8 Å². The van der Waals surface area contributed by atoms with Gasteiger partial charge in [0.15, 0.2) is 0 Å². The van der Waals surface area contributed by atoms with Gasteiger partial charge in [-0.15, -0.1) is 12.4 Å². The number of rotatable bonds is 14. The molecule has 46 heavy (non-hydrogen) atoms. The zero-order valence-electron chi connectivity index (χ0n) is 27.0. The minimum Gasteiger partial charge on any atom is -0.326 e. The highest BCUT2D eigenvalue weighted by molar-refractivity contribution is 5.88. The Morgan fingerprint density at radius 1 is 0.848 bits per heavy atom. The number of hydrogen-bond acceptors (Lipinski definition) is 3. The first kappa shape index (κ1) is 35.1. The molecule has 0 saturated heterocycles. The summed E-state index contributed by atoms with van der Waals surface area (Å²) in [5.74, 6) is -0.0456. The molecular formula is C40H46ClFN2O2. The summed E-state index contributed by atoms with van der Waals surface area (Å²) in [7, 11) is 0. The number of Topliss-reactive ketones (excluding diaryl/α,β-unsaturated/α-hetero) is 1. The van der Waals surface area contributed by atoms with E-state index in [-0.39, 0.29) is 41.4 Å². The van der Waals surface area contributed by atoms with Crippen LogP contribution in [0.1, 0.15) is 86.2 Å². The summed E-state index contributed by atoms with van der Waals surface area (Å²) >= 11 is 0. The topological polar surface area (TPSA) is 49.4 Å². The molecule has 6 heteroatoms. The van der Waals surface area contributed by atoms with Gasteiger partial charge in [0.2, 0.25) is 5.91 Å². The average Bonchev–Trinajstić information content (AvgIpc) is 3.05. The van der Waals surface area contributed by atoms with Crippen molar-refractivity contribution in [3.8, 4) is 0 Å². The Labute approximate surface area is 279 Å². The Hall–Kier alpha value is -3.80. The highest BCUT2D eigenvalue weighted by atomic mass is 35.5. The summed E-state index contributed by atoms with van der Waals surface area (Å²) in [5, 5.41) is 2.94. The van der Waals surface area contributed by atoms with Crippen LogP contribution in [0.15, 0.2) is 103 Å². The van der Waals surface area contributed by atoms with Gasteiger partial charge in [0.25, 0.3) is 0 Å². The molecule has 0 spiro atoms. The number of anilines is 1. The Bertz CT molecular complexity index is 1520. The highest BCUT2D eigenvalue weighted by Crippen LogP contribution is 2.42. The van der Waals surface area contributed by atoms with Crippen LogP contribution in [0.3, 0.4) is 0 Å². The van der Waals surface area contributed by atoms with Gasteiger partial charge in [-0.2, -0.15) is 0 Å². The number of carbonyl (C=O) groups excluding carboxylic acids is 2. The van der Waals surface area contributed by atoms with Crippen LogP contribution in [-0.4, -0.2) is 29.7 Å². The lowest BCUT2D eigenvalue weighted by atomic mass is 9.68. The lowest BCUT2D eigenvalue weighted by molar-refractivity contribution is -0.119. The standard InChI is InChI=1S/C40H45FN2O2.ClH/c1-30-39-29-37(42-31(2)44)22-19-33(39)24-28-43(30)27-10-26-40(34-11-5-3-6-12-34,35-13-7-4-8-14-35)25-9-15-38(45)23-18-32-16-20-36(41)21-17-32;/h3-8,11-14,16-17,19-22,29-30H,9-10,15,18,23-28H2,1-2H3,(H,42,44);1H. The maximum absolute atomic E-state index is 13.3. The number of ketones is 1. The molecule has 1 amide bonds. The molecule has 1 atom stereocenters. The van der Waals surface area contributed by atoms with E-state index in [9.17, 15) is 14.0 Å². The number of hydrogen-bond donors (Lipinski definition) is 1. The van der Waals surface area contributed by atoms with Gasteiger partial charge in [0.1, 0.15) is 11.6 Å². The van der Waals surface area contributed by atoms with Crippen LogP contribution in [0.2, 0.25) is 0 Å². The molecule has 0 bridgehead atoms. The number of halogens is 2. The molecule has 0 radical (unpaired) electrons. The molecule has 1 aliphatic rings. The van der Waals surface area contributed by atoms with Crippen LogP contribution in [0.5, 0.6) is 0 Å². The Kier molecular flexibility index (Phi) is 12.7. The van der Waals surface area contributed by atoms with Gasteiger partial charge in [-0.05, 0) is 104 Å². The summed E-state index contributed by atoms with van der Waals surface area (Å²) in [6, 6.07) is 34.6. The van der Waals surface area contributed by atoms with E-state index < -0.39 is 0 Å². The van der Waals surface area contributed by atoms with Gasteiger partial charge in [-0.1, -0.05) is 78.9 Å². The molecule has 242 valence electrons. The van der Waals surface area contributed by atoms with Crippen LogP contribution >= 0.6 is 12.4 Å². The molecule has 0 aliphatic carbocycles. The number of aryl methyl sites for hydroxylation is 1. The number of benzene rings is 4. The van der Waals surface area contributed by atoms with E-state index in [1.54, 1.807) is 19.1 Å². The number of nitrogens with one attached hydrogen (secondary N) is 1. The van der Waals surface area contributed by atoms with Gasteiger partial charge in [0.05, 0.1) is 0 Å². The Morgan fingerprint density at radius 2 is 1.48 bits per heavy atom. The molecule has 0 saturated carbocycles. The third-order valence-electron chi connectivity index (χ3n) is 9.50. The van der Waals surface area contributed by atoms with Crippen molar-refractivity contribution in [3.63, 3.8) is 0 Å². The highest BCUT2D eigenvalue weighted by Gasteiger charge is 2.34. The van der Waals surface area contributed by atoms with Gasteiger partial charge >= 0.3 is 0 Å². The minimum atomic E-state index is -0.251. The smallest absolute Gasteiger partial charge is 0.221 e. The van der Waals surface area contributed by atoms with Crippen LogP contribution in [0, 0.1) is 5.82 Å². The molecule has 4 aromatic carbocycles. The van der Waals surface area contributed by atoms with Crippen molar-refractivity contribution in [2.45, 2.75) is 76.7 Å². The van der Waals surface area contributed by atoms with Crippen molar-refractivity contribution < 1.29 is 14.0 Å². The molecule has 1 N–H and O–H groups in total. The predicted octanol–water partition coefficient (Wildman–Crippen LogP) is 9.26. The molecule has 4 nitrogen and oxygen atoms in total. The first-order valence-corrected chi connectivity index (χ1v) is 16.4. The van der Waals surface area contributed by atoms with Crippen molar-refractivity contribution in [1.29, 1.82) is 0 Å². The van der Waals surface area contributed by atoms with Crippen LogP contribution < -0.4 is 5.32 Å². The van der Waals surface area contributed by atoms with E-state index in [0.717, 1.165) is 56.4 Å². The normalized spacial score (nSPS) is 14.6. The lowest BCUT2D eigenvalue weighted by Crippen LogP contribution is -2.36. The minimum absolute atomic E-state index is 0. The first-order chi connectivity index (χ1) is 21.8. The summed E-state index contributed by atoms with van der Waals surface area (Å²) < 4.78 is 13.3. The second kappa shape index (κ2) is 16.7. The fraction of sp³-hybridized carbons (Fsp3) is 0.350. The van der Waals surface area contributed by atoms with E-state index in [4.69, 9.17) is 0 Å². The SMILES string of the molecule is CC(=O)Nc1ccc2c(c1)C(C)N(CCCC(CCCC(=O)CCc1ccc(F)cc1)(c1ccccc1)c1ccccc1)CC2.Cl. The number of nitrogens with zero attached hydrogens (tertiary/aromatic N) is 1. The van der Waals surface area contributed by atoms with Gasteiger partial charge in [-0.25, -0.2) is 4.39 Å². The maximum Gasteiger partial charge on any atom is 0.221 e. The van der Waals surface area contributed by atoms with Crippen molar-refractivity contribution in [2.75, 3.05) is 18.4 Å². The van der Waals surface area contributed by atoms with Gasteiger partial charge in [0, 0.05) is 43.5 Å². The molecule has 1 aliphatic heterocycles. The second-order valence-corrected chi connectivity index (χ2v) is 12.5. The average molecular weight is 641 g/mol. The number of amides is 1. The molecule has 1 heterocycles. The Balaban J connectivity index is 0.00000480.